The molecular weight excluding hydrogens is 791 g/mol. The molecular formula is C40H43F4N11O5. The highest BCUT2D eigenvalue weighted by molar-refractivity contribution is 6.09. The number of imide groups is 1. The number of piperidine rings is 1. The van der Waals surface area contributed by atoms with Crippen LogP contribution >= 0.6 is 0 Å². The van der Waals surface area contributed by atoms with Gasteiger partial charge in [0.2, 0.25) is 11.8 Å². The number of nitrogens with one attached hydrogen (secondary N) is 2. The van der Waals surface area contributed by atoms with Crippen LogP contribution in [0.15, 0.2) is 48.8 Å². The lowest BCUT2D eigenvalue weighted by atomic mass is 9.94. The number of amides is 5. The lowest BCUT2D eigenvalue weighted by molar-refractivity contribution is -0.141. The van der Waals surface area contributed by atoms with Crippen molar-refractivity contribution in [2.45, 2.75) is 51.3 Å². The van der Waals surface area contributed by atoms with Crippen molar-refractivity contribution in [3.8, 4) is 5.75 Å². The van der Waals surface area contributed by atoms with Crippen molar-refractivity contribution in [3.63, 3.8) is 0 Å². The number of anilines is 3. The summed E-state index contributed by atoms with van der Waals surface area (Å²) >= 11 is 0. The van der Waals surface area contributed by atoms with Gasteiger partial charge in [-0.1, -0.05) is 6.07 Å². The summed E-state index contributed by atoms with van der Waals surface area (Å²) in [6, 6.07) is 7.29. The molecule has 0 unspecified atom stereocenters. The van der Waals surface area contributed by atoms with Crippen molar-refractivity contribution in [2.24, 2.45) is 7.05 Å². The van der Waals surface area contributed by atoms with E-state index in [2.05, 4.69) is 25.6 Å². The Bertz CT molecular complexity index is 2490. The van der Waals surface area contributed by atoms with Crippen LogP contribution in [-0.2, 0) is 22.8 Å². The van der Waals surface area contributed by atoms with Gasteiger partial charge in [0.15, 0.2) is 5.82 Å². The van der Waals surface area contributed by atoms with E-state index in [1.54, 1.807) is 39.4 Å². The SMILES string of the molecule is CC(C)Oc1cc2nc(C3CCN(CC(=O)N4CCN(c5cc6c(cc5F)c(N5CCC(=O)NC5=O)nn6C)CC4)CC3)cn2cc1NC(=O)c1cccc(C(F)(F)F)n1. The van der Waals surface area contributed by atoms with E-state index >= 15 is 4.39 Å². The van der Waals surface area contributed by atoms with E-state index in [4.69, 9.17) is 9.72 Å². The van der Waals surface area contributed by atoms with Gasteiger partial charge in [0.25, 0.3) is 5.91 Å². The van der Waals surface area contributed by atoms with E-state index in [-0.39, 0.29) is 54.9 Å². The predicted octanol–water partition coefficient (Wildman–Crippen LogP) is 4.79. The molecule has 3 aliphatic heterocycles. The quantitative estimate of drug-likeness (QED) is 0.198. The number of imidazole rings is 1. The molecule has 20 heteroatoms. The average molecular weight is 834 g/mol. The summed E-state index contributed by atoms with van der Waals surface area (Å²) in [7, 11) is 1.71. The van der Waals surface area contributed by atoms with E-state index in [0.717, 1.165) is 30.7 Å². The number of alkyl halides is 3. The van der Waals surface area contributed by atoms with Crippen molar-refractivity contribution < 1.29 is 41.5 Å². The van der Waals surface area contributed by atoms with E-state index < -0.39 is 35.3 Å². The second kappa shape index (κ2) is 16.0. The Morgan fingerprint density at radius 2 is 1.73 bits per heavy atom. The molecule has 0 atom stereocenters. The second-order valence-electron chi connectivity index (χ2n) is 15.5. The van der Waals surface area contributed by atoms with Crippen molar-refractivity contribution in [1.29, 1.82) is 0 Å². The van der Waals surface area contributed by atoms with Gasteiger partial charge in [-0.2, -0.15) is 18.3 Å². The van der Waals surface area contributed by atoms with E-state index in [1.165, 1.54) is 17.0 Å². The van der Waals surface area contributed by atoms with Gasteiger partial charge >= 0.3 is 12.2 Å². The summed E-state index contributed by atoms with van der Waals surface area (Å²) in [5, 5.41) is 9.84. The maximum Gasteiger partial charge on any atom is 0.433 e. The Morgan fingerprint density at radius 1 is 0.983 bits per heavy atom. The number of aryl methyl sites for hydroxylation is 1. The number of nitrogens with zero attached hydrogens (tertiary/aromatic N) is 9. The number of pyridine rings is 2. The monoisotopic (exact) mass is 833 g/mol. The molecule has 0 saturated carbocycles. The number of rotatable bonds is 9. The zero-order valence-corrected chi connectivity index (χ0v) is 33.1. The normalized spacial score (nSPS) is 17.2. The minimum Gasteiger partial charge on any atom is -0.489 e. The average Bonchev–Trinajstić information content (AvgIpc) is 3.76. The lowest BCUT2D eigenvalue weighted by Gasteiger charge is -2.38. The molecule has 60 heavy (non-hydrogen) atoms. The minimum absolute atomic E-state index is 0.00101. The van der Waals surface area contributed by atoms with Crippen LogP contribution in [0.3, 0.4) is 0 Å². The zero-order valence-electron chi connectivity index (χ0n) is 33.1. The zero-order chi connectivity index (χ0) is 42.5. The number of aromatic nitrogens is 5. The third kappa shape index (κ3) is 8.27. The molecule has 16 nitrogen and oxygen atoms in total. The molecule has 0 spiro atoms. The van der Waals surface area contributed by atoms with Crippen LogP contribution in [0.25, 0.3) is 16.6 Å². The standard InChI is InChI=1S/C40H43F4N11O5/c1-23(2)60-32-19-34-46-28(20-54(34)21-29(32)47-38(58)27-5-4-6-33(45-27)40(42,43)44)24-7-10-51(11-8-24)22-36(57)53-15-13-52(14-16-53)31-18-30-25(17-26(31)41)37(49-50(30)3)55-12-9-35(56)48-39(55)59/h4-6,17-21,23-24H,7-16,22H2,1-3H3,(H,47,58)(H,48,56,59). The second-order valence-corrected chi connectivity index (χ2v) is 15.5. The Morgan fingerprint density at radius 3 is 2.43 bits per heavy atom. The molecule has 3 aliphatic rings. The summed E-state index contributed by atoms with van der Waals surface area (Å²) in [5.74, 6) is -0.973. The van der Waals surface area contributed by atoms with Crippen molar-refractivity contribution in [1.82, 2.24) is 39.3 Å². The number of urea groups is 1. The first-order valence-electron chi connectivity index (χ1n) is 19.7. The van der Waals surface area contributed by atoms with Crippen molar-refractivity contribution >= 4 is 57.5 Å². The number of carbonyl (C=O) groups excluding carboxylic acids is 4. The molecule has 0 bridgehead atoms. The first-order valence-corrected chi connectivity index (χ1v) is 19.7. The number of piperazine rings is 1. The molecule has 2 N–H and O–H groups in total. The number of fused-ring (bicyclic) bond motifs is 2. The molecule has 5 amide bonds. The summed E-state index contributed by atoms with van der Waals surface area (Å²) in [5.41, 5.74) is 1.10. The lowest BCUT2D eigenvalue weighted by Crippen LogP contribution is -2.52. The molecule has 3 fully saturated rings. The fourth-order valence-corrected chi connectivity index (χ4v) is 7.91. The summed E-state index contributed by atoms with van der Waals surface area (Å²) in [6.45, 7) is 7.09. The minimum atomic E-state index is -4.70. The van der Waals surface area contributed by atoms with E-state index in [0.29, 0.717) is 67.3 Å². The molecule has 316 valence electrons. The highest BCUT2D eigenvalue weighted by atomic mass is 19.4. The largest absolute Gasteiger partial charge is 0.489 e. The number of hydrogen-bond acceptors (Lipinski definition) is 10. The third-order valence-corrected chi connectivity index (χ3v) is 11.0. The van der Waals surface area contributed by atoms with Crippen LogP contribution in [0.4, 0.5) is 39.5 Å². The fraction of sp³-hybridized carbons (Fsp3) is 0.425. The summed E-state index contributed by atoms with van der Waals surface area (Å²) in [4.78, 5) is 66.1. The van der Waals surface area contributed by atoms with Gasteiger partial charge in [0, 0.05) is 76.0 Å². The fourth-order valence-electron chi connectivity index (χ4n) is 7.91. The Balaban J connectivity index is 0.866. The molecule has 5 aromatic rings. The molecule has 8 rings (SSSR count). The molecule has 4 aromatic heterocycles. The van der Waals surface area contributed by atoms with Gasteiger partial charge in [-0.25, -0.2) is 19.2 Å². The van der Waals surface area contributed by atoms with Gasteiger partial charge in [0.05, 0.1) is 29.5 Å². The number of ether oxygens (including phenoxy) is 1. The molecule has 7 heterocycles. The molecule has 0 aliphatic carbocycles. The molecule has 1 aromatic carbocycles. The number of hydrogen-bond donors (Lipinski definition) is 2. The van der Waals surface area contributed by atoms with Crippen LogP contribution in [0, 0.1) is 5.82 Å². The Labute approximate surface area is 341 Å². The molecule has 0 radical (unpaired) electrons. The number of carbonyl (C=O) groups is 4. The van der Waals surface area contributed by atoms with Gasteiger partial charge in [-0.05, 0) is 64.0 Å². The first kappa shape index (κ1) is 40.5. The number of likely N-dealkylation sites (tertiary alicyclic amines) is 1. The van der Waals surface area contributed by atoms with Gasteiger partial charge in [-0.3, -0.25) is 34.2 Å². The predicted molar refractivity (Wildman–Crippen MR) is 212 cm³/mol. The number of halogens is 4. The highest BCUT2D eigenvalue weighted by Crippen LogP contribution is 2.35. The van der Waals surface area contributed by atoms with E-state index in [1.807, 2.05) is 24.9 Å². The number of benzene rings is 1. The van der Waals surface area contributed by atoms with Crippen molar-refractivity contribution in [3.05, 3.63) is 71.7 Å². The third-order valence-electron chi connectivity index (χ3n) is 11.0. The topological polar surface area (TPSA) is 163 Å². The maximum absolute atomic E-state index is 15.6. The van der Waals surface area contributed by atoms with E-state index in [9.17, 15) is 32.3 Å². The van der Waals surface area contributed by atoms with Crippen LogP contribution < -0.4 is 25.2 Å². The maximum atomic E-state index is 15.6. The van der Waals surface area contributed by atoms with Crippen molar-refractivity contribution in [2.75, 3.05) is 67.5 Å². The van der Waals surface area contributed by atoms with Crippen LogP contribution in [0.2, 0.25) is 0 Å². The summed E-state index contributed by atoms with van der Waals surface area (Å²) < 4.78 is 64.6. The first-order chi connectivity index (χ1) is 28.6. The molecule has 3 saturated heterocycles. The van der Waals surface area contributed by atoms with Crippen LogP contribution in [0.5, 0.6) is 5.75 Å². The van der Waals surface area contributed by atoms with Crippen LogP contribution in [0.1, 0.15) is 60.9 Å². The van der Waals surface area contributed by atoms with Gasteiger partial charge in [-0.15, -0.1) is 0 Å². The van der Waals surface area contributed by atoms with Gasteiger partial charge in [0.1, 0.15) is 34.3 Å². The summed E-state index contributed by atoms with van der Waals surface area (Å²) in [6.07, 6.45) is 0.138. The smallest absolute Gasteiger partial charge is 0.433 e. The highest BCUT2D eigenvalue weighted by Gasteiger charge is 2.34. The van der Waals surface area contributed by atoms with Crippen LogP contribution in [-0.4, -0.2) is 116 Å². The Kier molecular flexibility index (Phi) is 10.8. The Hall–Kier alpha value is -6.31. The van der Waals surface area contributed by atoms with Gasteiger partial charge < -0.3 is 24.3 Å².